The Kier molecular flexibility index (Phi) is 6.07. The SMILES string of the molecule is Cc1c(-c2ccnc3cc(C(=O)Nc4c(C(N)=O)sc5nc(C(F)(F)F)cc(-c6ccccc6)c45)nn23)cnn1C. The highest BCUT2D eigenvalue weighted by Gasteiger charge is 2.35. The number of nitrogens with two attached hydrogens (primary N) is 1. The Labute approximate surface area is 233 Å². The standard InChI is InChI=1S/C27H19F3N8O2S/c1-13-16(12-33-37(13)2)18-8-9-32-20-11-17(36-38(18)20)25(40)35-22-21-15(14-6-4-3-5-7-14)10-19(27(28,29)30)34-26(21)41-23(22)24(31)39/h3-12H,1-2H3,(H2,31,39)(H,35,40). The fourth-order valence-corrected chi connectivity index (χ4v) is 5.53. The average Bonchev–Trinajstić information content (AvgIpc) is 3.64. The minimum Gasteiger partial charge on any atom is -0.365 e. The number of hydrogen-bond donors (Lipinski definition) is 2. The van der Waals surface area contributed by atoms with E-state index >= 15 is 0 Å². The van der Waals surface area contributed by atoms with Gasteiger partial charge >= 0.3 is 6.18 Å². The third-order valence-corrected chi connectivity index (χ3v) is 7.70. The van der Waals surface area contributed by atoms with E-state index in [9.17, 15) is 22.8 Å². The molecule has 5 aromatic heterocycles. The highest BCUT2D eigenvalue weighted by molar-refractivity contribution is 7.21. The molecule has 5 heterocycles. The van der Waals surface area contributed by atoms with Crippen LogP contribution in [-0.2, 0) is 13.2 Å². The van der Waals surface area contributed by atoms with Gasteiger partial charge in [-0.15, -0.1) is 11.3 Å². The van der Waals surface area contributed by atoms with Gasteiger partial charge < -0.3 is 11.1 Å². The Hall–Kier alpha value is -5.11. The van der Waals surface area contributed by atoms with E-state index in [1.807, 2.05) is 6.92 Å². The van der Waals surface area contributed by atoms with Gasteiger partial charge in [0.1, 0.15) is 15.4 Å². The van der Waals surface area contributed by atoms with Gasteiger partial charge in [0.25, 0.3) is 11.8 Å². The van der Waals surface area contributed by atoms with Crippen LogP contribution in [0.4, 0.5) is 18.9 Å². The maximum absolute atomic E-state index is 13.8. The molecule has 0 saturated carbocycles. The molecule has 0 radical (unpaired) electrons. The normalized spacial score (nSPS) is 11.8. The predicted molar refractivity (Wildman–Crippen MR) is 146 cm³/mol. The molecule has 0 fully saturated rings. The molecular weight excluding hydrogens is 557 g/mol. The van der Waals surface area contributed by atoms with Crippen molar-refractivity contribution in [3.05, 3.63) is 82.9 Å². The number of fused-ring (bicyclic) bond motifs is 2. The third kappa shape index (κ3) is 4.47. The molecule has 0 bridgehead atoms. The molecule has 0 atom stereocenters. The molecule has 0 saturated heterocycles. The van der Waals surface area contributed by atoms with E-state index in [0.29, 0.717) is 28.2 Å². The lowest BCUT2D eigenvalue weighted by Gasteiger charge is -2.12. The molecule has 14 heteroatoms. The number of carbonyl (C=O) groups is 2. The van der Waals surface area contributed by atoms with Gasteiger partial charge in [-0.25, -0.2) is 14.5 Å². The van der Waals surface area contributed by atoms with Gasteiger partial charge in [0, 0.05) is 36.0 Å². The van der Waals surface area contributed by atoms with E-state index in [1.54, 1.807) is 60.5 Å². The first kappa shape index (κ1) is 26.1. The molecule has 10 nitrogen and oxygen atoms in total. The quantitative estimate of drug-likeness (QED) is 0.294. The Balaban J connectivity index is 1.50. The average molecular weight is 577 g/mol. The number of thiophene rings is 1. The number of benzene rings is 1. The summed E-state index contributed by atoms with van der Waals surface area (Å²) < 4.78 is 44.4. The second kappa shape index (κ2) is 9.52. The minimum absolute atomic E-state index is 0.0394. The molecule has 1 aromatic carbocycles. The predicted octanol–water partition coefficient (Wildman–Crippen LogP) is 5.08. The number of rotatable bonds is 5. The van der Waals surface area contributed by atoms with Crippen LogP contribution in [0.5, 0.6) is 0 Å². The first-order chi connectivity index (χ1) is 19.5. The second-order valence-corrected chi connectivity index (χ2v) is 10.1. The molecule has 0 unspecified atom stereocenters. The Morgan fingerprint density at radius 1 is 1.07 bits per heavy atom. The zero-order chi connectivity index (χ0) is 29.1. The van der Waals surface area contributed by atoms with Crippen molar-refractivity contribution in [3.8, 4) is 22.4 Å². The number of aryl methyl sites for hydroxylation is 1. The lowest BCUT2D eigenvalue weighted by Crippen LogP contribution is -2.17. The summed E-state index contributed by atoms with van der Waals surface area (Å²) >= 11 is 0.669. The van der Waals surface area contributed by atoms with Crippen molar-refractivity contribution in [2.45, 2.75) is 13.1 Å². The number of anilines is 1. The maximum atomic E-state index is 13.8. The Morgan fingerprint density at radius 2 is 1.83 bits per heavy atom. The lowest BCUT2D eigenvalue weighted by molar-refractivity contribution is -0.140. The lowest BCUT2D eigenvalue weighted by atomic mass is 10.0. The largest absolute Gasteiger partial charge is 0.433 e. The highest BCUT2D eigenvalue weighted by atomic mass is 32.1. The molecular formula is C27H19F3N8O2S. The topological polar surface area (TPSA) is 133 Å². The van der Waals surface area contributed by atoms with Crippen LogP contribution in [0.2, 0.25) is 0 Å². The van der Waals surface area contributed by atoms with E-state index in [1.165, 1.54) is 10.6 Å². The van der Waals surface area contributed by atoms with Gasteiger partial charge in [-0.3, -0.25) is 14.3 Å². The molecule has 206 valence electrons. The van der Waals surface area contributed by atoms with Gasteiger partial charge in [0.15, 0.2) is 11.3 Å². The molecule has 0 spiro atoms. The molecule has 3 N–H and O–H groups in total. The van der Waals surface area contributed by atoms with Crippen LogP contribution in [0.25, 0.3) is 38.2 Å². The van der Waals surface area contributed by atoms with Crippen molar-refractivity contribution in [2.24, 2.45) is 12.8 Å². The van der Waals surface area contributed by atoms with Gasteiger partial charge in [-0.1, -0.05) is 30.3 Å². The van der Waals surface area contributed by atoms with Crippen molar-refractivity contribution in [3.63, 3.8) is 0 Å². The summed E-state index contributed by atoms with van der Waals surface area (Å²) in [6.45, 7) is 1.89. The molecule has 41 heavy (non-hydrogen) atoms. The number of amides is 2. The summed E-state index contributed by atoms with van der Waals surface area (Å²) in [5.41, 5.74) is 7.62. The summed E-state index contributed by atoms with van der Waals surface area (Å²) in [7, 11) is 1.80. The van der Waals surface area contributed by atoms with Crippen LogP contribution in [0.15, 0.2) is 60.9 Å². The number of alkyl halides is 3. The van der Waals surface area contributed by atoms with Crippen LogP contribution in [0, 0.1) is 6.92 Å². The van der Waals surface area contributed by atoms with Crippen LogP contribution < -0.4 is 11.1 Å². The summed E-state index contributed by atoms with van der Waals surface area (Å²) in [5.74, 6) is -1.65. The van der Waals surface area contributed by atoms with Crippen LogP contribution in [0.1, 0.15) is 31.5 Å². The van der Waals surface area contributed by atoms with E-state index in [0.717, 1.165) is 17.3 Å². The molecule has 0 aliphatic carbocycles. The van der Waals surface area contributed by atoms with Gasteiger partial charge in [-0.05, 0) is 30.2 Å². The van der Waals surface area contributed by atoms with Crippen molar-refractivity contribution < 1.29 is 22.8 Å². The second-order valence-electron chi connectivity index (χ2n) is 9.12. The van der Waals surface area contributed by atoms with E-state index in [4.69, 9.17) is 5.73 Å². The van der Waals surface area contributed by atoms with E-state index < -0.39 is 23.7 Å². The van der Waals surface area contributed by atoms with E-state index in [-0.39, 0.29) is 32.0 Å². The van der Waals surface area contributed by atoms with Gasteiger partial charge in [0.2, 0.25) is 0 Å². The fourth-order valence-electron chi connectivity index (χ4n) is 4.52. The Morgan fingerprint density at radius 3 is 2.49 bits per heavy atom. The summed E-state index contributed by atoms with van der Waals surface area (Å²) in [6.07, 6.45) is -1.49. The molecule has 2 amide bonds. The number of nitrogens with zero attached hydrogens (tertiary/aromatic N) is 6. The number of aromatic nitrogens is 6. The molecule has 6 aromatic rings. The minimum atomic E-state index is -4.74. The van der Waals surface area contributed by atoms with Crippen LogP contribution in [-0.4, -0.2) is 41.2 Å². The summed E-state index contributed by atoms with van der Waals surface area (Å²) in [4.78, 5) is 33.7. The summed E-state index contributed by atoms with van der Waals surface area (Å²) in [5, 5.41) is 11.5. The maximum Gasteiger partial charge on any atom is 0.433 e. The first-order valence-electron chi connectivity index (χ1n) is 12.1. The van der Waals surface area contributed by atoms with Crippen molar-refractivity contribution in [2.75, 3.05) is 5.32 Å². The van der Waals surface area contributed by atoms with Crippen LogP contribution >= 0.6 is 11.3 Å². The third-order valence-electron chi connectivity index (χ3n) is 6.60. The van der Waals surface area contributed by atoms with Crippen molar-refractivity contribution in [1.82, 2.24) is 29.4 Å². The fraction of sp³-hybridized carbons (Fsp3) is 0.111. The van der Waals surface area contributed by atoms with Gasteiger partial charge in [0.05, 0.1) is 17.6 Å². The monoisotopic (exact) mass is 576 g/mol. The van der Waals surface area contributed by atoms with E-state index in [2.05, 4.69) is 25.5 Å². The number of nitrogens with one attached hydrogen (secondary N) is 1. The highest BCUT2D eigenvalue weighted by Crippen LogP contribution is 2.43. The molecule has 0 aliphatic rings. The number of carbonyl (C=O) groups excluding carboxylic acids is 2. The van der Waals surface area contributed by atoms with Gasteiger partial charge in [-0.2, -0.15) is 23.4 Å². The number of halogens is 3. The molecule has 6 rings (SSSR count). The zero-order valence-corrected chi connectivity index (χ0v) is 22.2. The Bertz CT molecular complexity index is 1990. The summed E-state index contributed by atoms with van der Waals surface area (Å²) in [6, 6.07) is 12.4. The van der Waals surface area contributed by atoms with Crippen LogP contribution in [0.3, 0.4) is 0 Å². The smallest absolute Gasteiger partial charge is 0.365 e. The zero-order valence-electron chi connectivity index (χ0n) is 21.4. The van der Waals surface area contributed by atoms with Crippen molar-refractivity contribution in [1.29, 1.82) is 0 Å². The number of pyridine rings is 1. The first-order valence-corrected chi connectivity index (χ1v) is 12.9. The molecule has 0 aliphatic heterocycles. The number of hydrogen-bond acceptors (Lipinski definition) is 7. The van der Waals surface area contributed by atoms with Crippen molar-refractivity contribution >= 4 is 44.7 Å². The number of primary amides is 1.